The molecular weight excluding hydrogens is 271 g/mol. The lowest BCUT2D eigenvalue weighted by Gasteiger charge is -2.33. The van der Waals surface area contributed by atoms with Crippen molar-refractivity contribution < 1.29 is 17.6 Å². The zero-order chi connectivity index (χ0) is 14.7. The van der Waals surface area contributed by atoms with Gasteiger partial charge in [0.05, 0.1) is 0 Å². The lowest BCUT2D eigenvalue weighted by atomic mass is 9.89. The van der Waals surface area contributed by atoms with Crippen LogP contribution in [0.5, 0.6) is 0 Å². The Bertz CT molecular complexity index is 464. The molecule has 0 radical (unpaired) electrons. The minimum atomic E-state index is -3.24. The van der Waals surface area contributed by atoms with Crippen molar-refractivity contribution in [3.63, 3.8) is 0 Å². The lowest BCUT2D eigenvalue weighted by Crippen LogP contribution is -2.54. The molecule has 3 atom stereocenters. The van der Waals surface area contributed by atoms with Crippen LogP contribution in [-0.4, -0.2) is 44.9 Å². The summed E-state index contributed by atoms with van der Waals surface area (Å²) in [5.41, 5.74) is -1.88. The maximum absolute atomic E-state index is 14.5. The second-order valence-electron chi connectivity index (χ2n) is 5.19. The average Bonchev–Trinajstić information content (AvgIpc) is 2.25. The highest BCUT2D eigenvalue weighted by molar-refractivity contribution is 7.93. The van der Waals surface area contributed by atoms with Gasteiger partial charge in [-0.05, 0) is 20.4 Å². The number of hydrogen-bond acceptors (Lipinski definition) is 4. The van der Waals surface area contributed by atoms with Crippen LogP contribution in [0.4, 0.5) is 4.39 Å². The molecule has 1 amide bonds. The molecule has 0 spiro atoms. The smallest absolute Gasteiger partial charge is 0.258 e. The fourth-order valence-corrected chi connectivity index (χ4v) is 2.55. The summed E-state index contributed by atoms with van der Waals surface area (Å²) < 4.78 is 36.4. The van der Waals surface area contributed by atoms with Gasteiger partial charge in [-0.15, -0.1) is 0 Å². The SMILES string of the molecule is C[C@H](/C=C\S(C)(=O)=O)NC(=O)[C@]1(F)CCN[C@@H](C)C1. The quantitative estimate of drug-likeness (QED) is 0.792. The number of piperidine rings is 1. The molecule has 0 aliphatic carbocycles. The summed E-state index contributed by atoms with van der Waals surface area (Å²) in [6.07, 6.45) is 2.65. The molecule has 0 aromatic heterocycles. The number of carbonyl (C=O) groups is 1. The zero-order valence-corrected chi connectivity index (χ0v) is 12.3. The molecule has 0 saturated carbocycles. The van der Waals surface area contributed by atoms with Crippen LogP contribution in [0.2, 0.25) is 0 Å². The maximum atomic E-state index is 14.5. The molecule has 110 valence electrons. The summed E-state index contributed by atoms with van der Waals surface area (Å²) in [5, 5.41) is 6.58. The van der Waals surface area contributed by atoms with Crippen molar-refractivity contribution in [1.29, 1.82) is 0 Å². The van der Waals surface area contributed by atoms with E-state index in [9.17, 15) is 17.6 Å². The summed E-state index contributed by atoms with van der Waals surface area (Å²) in [6.45, 7) is 3.89. The van der Waals surface area contributed by atoms with Crippen LogP contribution in [0.1, 0.15) is 26.7 Å². The van der Waals surface area contributed by atoms with E-state index >= 15 is 0 Å². The van der Waals surface area contributed by atoms with Gasteiger partial charge < -0.3 is 10.6 Å². The van der Waals surface area contributed by atoms with E-state index in [0.29, 0.717) is 6.54 Å². The standard InChI is InChI=1S/C12H21FN2O3S/c1-9(4-7-19(3,17)18)15-11(16)12(13)5-6-14-10(2)8-12/h4,7,9-10,14H,5-6,8H2,1-3H3,(H,15,16)/b7-4-/t9-,10+,12+/m1/s1. The fourth-order valence-electron chi connectivity index (χ4n) is 2.03. The molecule has 0 bridgehead atoms. The van der Waals surface area contributed by atoms with Gasteiger partial charge in [-0.25, -0.2) is 12.8 Å². The highest BCUT2D eigenvalue weighted by Crippen LogP contribution is 2.26. The van der Waals surface area contributed by atoms with Crippen molar-refractivity contribution in [1.82, 2.24) is 10.6 Å². The van der Waals surface area contributed by atoms with Crippen LogP contribution in [-0.2, 0) is 14.6 Å². The van der Waals surface area contributed by atoms with Gasteiger partial charge in [0.25, 0.3) is 5.91 Å². The lowest BCUT2D eigenvalue weighted by molar-refractivity contribution is -0.135. The molecule has 5 nitrogen and oxygen atoms in total. The number of hydrogen-bond donors (Lipinski definition) is 2. The summed E-state index contributed by atoms with van der Waals surface area (Å²) in [7, 11) is -3.24. The van der Waals surface area contributed by atoms with Gasteiger partial charge in [-0.3, -0.25) is 4.79 Å². The van der Waals surface area contributed by atoms with Crippen molar-refractivity contribution in [3.8, 4) is 0 Å². The molecule has 1 fully saturated rings. The van der Waals surface area contributed by atoms with Crippen LogP contribution in [0, 0.1) is 0 Å². The van der Waals surface area contributed by atoms with Gasteiger partial charge in [-0.1, -0.05) is 6.08 Å². The van der Waals surface area contributed by atoms with Crippen LogP contribution in [0.3, 0.4) is 0 Å². The van der Waals surface area contributed by atoms with Gasteiger partial charge in [0.15, 0.2) is 15.5 Å². The Hall–Kier alpha value is -0.950. The first-order valence-corrected chi connectivity index (χ1v) is 8.19. The minimum Gasteiger partial charge on any atom is -0.347 e. The van der Waals surface area contributed by atoms with Crippen LogP contribution < -0.4 is 10.6 Å². The third-order valence-corrected chi connectivity index (χ3v) is 3.68. The van der Waals surface area contributed by atoms with E-state index in [1.807, 2.05) is 6.92 Å². The minimum absolute atomic E-state index is 0.0497. The molecule has 1 rings (SSSR count). The van der Waals surface area contributed by atoms with Crippen LogP contribution in [0.25, 0.3) is 0 Å². The predicted molar refractivity (Wildman–Crippen MR) is 72.1 cm³/mol. The Morgan fingerprint density at radius 1 is 1.58 bits per heavy atom. The maximum Gasteiger partial charge on any atom is 0.258 e. The van der Waals surface area contributed by atoms with E-state index in [1.54, 1.807) is 6.92 Å². The molecule has 7 heteroatoms. The molecule has 2 N–H and O–H groups in total. The van der Waals surface area contributed by atoms with E-state index in [0.717, 1.165) is 11.7 Å². The number of halogens is 1. The fraction of sp³-hybridized carbons (Fsp3) is 0.750. The summed E-state index contributed by atoms with van der Waals surface area (Å²) in [5.74, 6) is -0.675. The van der Waals surface area contributed by atoms with Crippen LogP contribution in [0.15, 0.2) is 11.5 Å². The van der Waals surface area contributed by atoms with Gasteiger partial charge in [-0.2, -0.15) is 0 Å². The second-order valence-corrected chi connectivity index (χ2v) is 7.13. The predicted octanol–water partition coefficient (Wildman–Crippen LogP) is 0.530. The molecule has 0 unspecified atom stereocenters. The van der Waals surface area contributed by atoms with E-state index in [4.69, 9.17) is 0 Å². The summed E-state index contributed by atoms with van der Waals surface area (Å²) >= 11 is 0. The first kappa shape index (κ1) is 16.1. The molecule has 1 heterocycles. The molecule has 1 saturated heterocycles. The number of amides is 1. The number of carbonyl (C=O) groups excluding carboxylic acids is 1. The van der Waals surface area contributed by atoms with E-state index < -0.39 is 27.5 Å². The van der Waals surface area contributed by atoms with Gasteiger partial charge >= 0.3 is 0 Å². The van der Waals surface area contributed by atoms with E-state index in [-0.39, 0.29) is 18.9 Å². The first-order valence-electron chi connectivity index (χ1n) is 6.24. The third-order valence-electron chi connectivity index (χ3n) is 3.02. The number of nitrogens with one attached hydrogen (secondary N) is 2. The Morgan fingerprint density at radius 3 is 2.74 bits per heavy atom. The van der Waals surface area contributed by atoms with Crippen molar-refractivity contribution in [3.05, 3.63) is 11.5 Å². The normalized spacial score (nSPS) is 30.2. The second kappa shape index (κ2) is 6.00. The van der Waals surface area contributed by atoms with Gasteiger partial charge in [0, 0.05) is 36.6 Å². The largest absolute Gasteiger partial charge is 0.347 e. The van der Waals surface area contributed by atoms with Crippen LogP contribution >= 0.6 is 0 Å². The first-order chi connectivity index (χ1) is 8.62. The Balaban J connectivity index is 2.61. The third kappa shape index (κ3) is 5.28. The molecule has 1 aliphatic rings. The molecule has 0 aromatic rings. The van der Waals surface area contributed by atoms with Crippen molar-refractivity contribution in [2.45, 2.75) is 44.4 Å². The highest BCUT2D eigenvalue weighted by Gasteiger charge is 2.42. The Kier molecular flexibility index (Phi) is 5.09. The molecule has 1 aliphatic heterocycles. The summed E-state index contributed by atoms with van der Waals surface area (Å²) in [6, 6.07) is -0.577. The topological polar surface area (TPSA) is 75.3 Å². The van der Waals surface area contributed by atoms with Gasteiger partial charge in [0.1, 0.15) is 0 Å². The Labute approximate surface area is 113 Å². The molecule has 0 aromatic carbocycles. The van der Waals surface area contributed by atoms with E-state index in [2.05, 4.69) is 10.6 Å². The molecule has 19 heavy (non-hydrogen) atoms. The number of alkyl halides is 1. The molecular formula is C12H21FN2O3S. The Morgan fingerprint density at radius 2 is 2.21 bits per heavy atom. The summed E-state index contributed by atoms with van der Waals surface area (Å²) in [4.78, 5) is 11.9. The van der Waals surface area contributed by atoms with Crippen molar-refractivity contribution >= 4 is 15.7 Å². The average molecular weight is 292 g/mol. The monoisotopic (exact) mass is 292 g/mol. The zero-order valence-electron chi connectivity index (χ0n) is 11.4. The number of sulfone groups is 1. The van der Waals surface area contributed by atoms with Gasteiger partial charge in [0.2, 0.25) is 0 Å². The number of rotatable bonds is 4. The van der Waals surface area contributed by atoms with Crippen molar-refractivity contribution in [2.24, 2.45) is 0 Å². The highest BCUT2D eigenvalue weighted by atomic mass is 32.2. The van der Waals surface area contributed by atoms with E-state index in [1.165, 1.54) is 6.08 Å². The van der Waals surface area contributed by atoms with Crippen molar-refractivity contribution in [2.75, 3.05) is 12.8 Å².